The number of nitrogens with zero attached hydrogens (tertiary/aromatic N) is 1. The lowest BCUT2D eigenvalue weighted by atomic mass is 10.1. The predicted octanol–water partition coefficient (Wildman–Crippen LogP) is 3.06. The van der Waals surface area contributed by atoms with Crippen LogP contribution >= 0.6 is 0 Å². The second-order valence-electron chi connectivity index (χ2n) is 7.36. The summed E-state index contributed by atoms with van der Waals surface area (Å²) in [5.74, 6) is -1.19. The molecule has 3 rings (SSSR count). The van der Waals surface area contributed by atoms with Crippen LogP contribution in [0.3, 0.4) is 0 Å². The molecule has 9 nitrogen and oxygen atoms in total. The van der Waals surface area contributed by atoms with E-state index in [4.69, 9.17) is 9.47 Å². The molecule has 2 aromatic rings. The van der Waals surface area contributed by atoms with E-state index >= 15 is 0 Å². The van der Waals surface area contributed by atoms with Crippen LogP contribution in [-0.4, -0.2) is 48.4 Å². The van der Waals surface area contributed by atoms with E-state index in [9.17, 15) is 19.2 Å². The van der Waals surface area contributed by atoms with Crippen LogP contribution < -0.4 is 20.1 Å². The predicted molar refractivity (Wildman–Crippen MR) is 126 cm³/mol. The van der Waals surface area contributed by atoms with Gasteiger partial charge in [-0.3, -0.25) is 24.6 Å². The van der Waals surface area contributed by atoms with E-state index in [-0.39, 0.29) is 24.6 Å². The van der Waals surface area contributed by atoms with Gasteiger partial charge in [0.25, 0.3) is 17.7 Å². The molecule has 0 atom stereocenters. The van der Waals surface area contributed by atoms with Gasteiger partial charge >= 0.3 is 6.03 Å². The second-order valence-corrected chi connectivity index (χ2v) is 7.36. The van der Waals surface area contributed by atoms with Crippen LogP contribution in [0.2, 0.25) is 0 Å². The molecular formula is C25H25N3O6. The van der Waals surface area contributed by atoms with Gasteiger partial charge in [-0.2, -0.15) is 0 Å². The van der Waals surface area contributed by atoms with Crippen LogP contribution in [0.5, 0.6) is 11.5 Å². The fourth-order valence-corrected chi connectivity index (χ4v) is 3.13. The van der Waals surface area contributed by atoms with E-state index in [1.807, 2.05) is 19.1 Å². The first-order valence-corrected chi connectivity index (χ1v) is 10.6. The molecule has 1 heterocycles. The van der Waals surface area contributed by atoms with E-state index in [1.165, 1.54) is 12.2 Å². The minimum Gasteiger partial charge on any atom is -0.490 e. The first-order chi connectivity index (χ1) is 16.3. The molecule has 0 radical (unpaired) electrons. The Morgan fingerprint density at radius 3 is 2.50 bits per heavy atom. The van der Waals surface area contributed by atoms with Crippen LogP contribution in [0.1, 0.15) is 18.1 Å². The molecule has 176 valence electrons. The van der Waals surface area contributed by atoms with Crippen LogP contribution in [0.25, 0.3) is 6.08 Å². The van der Waals surface area contributed by atoms with Crippen molar-refractivity contribution in [2.24, 2.45) is 0 Å². The standard InChI is InChI=1S/C25H25N3O6/c1-4-12-28-24(31)19(23(30)27-25(28)32)13-17-8-11-20(21(14-17)33-5-2)34-15-22(29)26-18-9-6-16(3)7-10-18/h4,6-11,13-14H,1,5,12,15H2,2-3H3,(H,26,29)(H,27,30,32). The van der Waals surface area contributed by atoms with Gasteiger partial charge in [0.1, 0.15) is 5.57 Å². The maximum absolute atomic E-state index is 12.6. The zero-order chi connectivity index (χ0) is 24.7. The quantitative estimate of drug-likeness (QED) is 0.336. The summed E-state index contributed by atoms with van der Waals surface area (Å²) in [7, 11) is 0. The van der Waals surface area contributed by atoms with Crippen molar-refractivity contribution in [3.05, 3.63) is 71.8 Å². The number of hydrogen-bond acceptors (Lipinski definition) is 6. The van der Waals surface area contributed by atoms with Crippen LogP contribution in [-0.2, 0) is 14.4 Å². The number of urea groups is 1. The highest BCUT2D eigenvalue weighted by atomic mass is 16.5. The van der Waals surface area contributed by atoms with Crippen LogP contribution in [0, 0.1) is 6.92 Å². The third kappa shape index (κ3) is 5.89. The van der Waals surface area contributed by atoms with E-state index in [0.717, 1.165) is 10.5 Å². The number of hydrogen-bond donors (Lipinski definition) is 2. The van der Waals surface area contributed by atoms with Crippen molar-refractivity contribution >= 4 is 35.5 Å². The molecule has 0 aliphatic carbocycles. The largest absolute Gasteiger partial charge is 0.490 e. The third-order valence-corrected chi connectivity index (χ3v) is 4.77. The number of carbonyl (C=O) groups excluding carboxylic acids is 4. The van der Waals surface area contributed by atoms with Gasteiger partial charge in [0.2, 0.25) is 0 Å². The molecule has 0 unspecified atom stereocenters. The van der Waals surface area contributed by atoms with E-state index < -0.39 is 17.8 Å². The van der Waals surface area contributed by atoms with Crippen molar-refractivity contribution in [2.45, 2.75) is 13.8 Å². The molecule has 0 spiro atoms. The Bertz CT molecular complexity index is 1150. The molecule has 1 aliphatic heterocycles. The maximum Gasteiger partial charge on any atom is 0.331 e. The summed E-state index contributed by atoms with van der Waals surface area (Å²) in [6.07, 6.45) is 2.75. The number of amides is 5. The molecule has 34 heavy (non-hydrogen) atoms. The highest BCUT2D eigenvalue weighted by Crippen LogP contribution is 2.30. The average molecular weight is 463 g/mol. The minimum atomic E-state index is -0.797. The van der Waals surface area contributed by atoms with Gasteiger partial charge in [0.05, 0.1) is 6.61 Å². The molecule has 0 bridgehead atoms. The Morgan fingerprint density at radius 2 is 1.82 bits per heavy atom. The molecule has 1 saturated heterocycles. The monoisotopic (exact) mass is 463 g/mol. The average Bonchev–Trinajstić information content (AvgIpc) is 2.80. The Hall–Kier alpha value is -4.40. The Labute approximate surface area is 197 Å². The number of imide groups is 2. The summed E-state index contributed by atoms with van der Waals surface area (Å²) in [5.41, 5.74) is 2.02. The molecule has 1 fully saturated rings. The topological polar surface area (TPSA) is 114 Å². The molecule has 0 saturated carbocycles. The third-order valence-electron chi connectivity index (χ3n) is 4.77. The van der Waals surface area contributed by atoms with Crippen molar-refractivity contribution < 1.29 is 28.7 Å². The smallest absolute Gasteiger partial charge is 0.331 e. The summed E-state index contributed by atoms with van der Waals surface area (Å²) in [6.45, 7) is 7.31. The lowest BCUT2D eigenvalue weighted by Crippen LogP contribution is -2.54. The van der Waals surface area contributed by atoms with E-state index in [2.05, 4.69) is 17.2 Å². The number of aryl methyl sites for hydroxylation is 1. The highest BCUT2D eigenvalue weighted by Gasteiger charge is 2.34. The van der Waals surface area contributed by atoms with Crippen molar-refractivity contribution in [2.75, 3.05) is 25.1 Å². The first-order valence-electron chi connectivity index (χ1n) is 10.6. The second kappa shape index (κ2) is 11.0. The molecule has 2 aromatic carbocycles. The lowest BCUT2D eigenvalue weighted by molar-refractivity contribution is -0.129. The van der Waals surface area contributed by atoms with Crippen molar-refractivity contribution in [3.8, 4) is 11.5 Å². The Balaban J connectivity index is 1.75. The number of nitrogens with one attached hydrogen (secondary N) is 2. The van der Waals surface area contributed by atoms with Gasteiger partial charge in [-0.05, 0) is 49.8 Å². The summed E-state index contributed by atoms with van der Waals surface area (Å²) >= 11 is 0. The molecule has 1 aliphatic rings. The van der Waals surface area contributed by atoms with Crippen molar-refractivity contribution in [1.29, 1.82) is 0 Å². The van der Waals surface area contributed by atoms with E-state index in [1.54, 1.807) is 37.3 Å². The van der Waals surface area contributed by atoms with Crippen LogP contribution in [0.15, 0.2) is 60.7 Å². The zero-order valence-electron chi connectivity index (χ0n) is 18.9. The summed E-state index contributed by atoms with van der Waals surface area (Å²) < 4.78 is 11.2. The van der Waals surface area contributed by atoms with Gasteiger partial charge in [0.15, 0.2) is 18.1 Å². The van der Waals surface area contributed by atoms with Gasteiger partial charge < -0.3 is 14.8 Å². The highest BCUT2D eigenvalue weighted by molar-refractivity contribution is 6.31. The molecule has 0 aromatic heterocycles. The Morgan fingerprint density at radius 1 is 1.09 bits per heavy atom. The minimum absolute atomic E-state index is 0.0308. The van der Waals surface area contributed by atoms with Crippen LogP contribution in [0.4, 0.5) is 10.5 Å². The number of anilines is 1. The number of barbiturate groups is 1. The zero-order valence-corrected chi connectivity index (χ0v) is 18.9. The lowest BCUT2D eigenvalue weighted by Gasteiger charge is -2.25. The molecular weight excluding hydrogens is 438 g/mol. The van der Waals surface area contributed by atoms with E-state index in [0.29, 0.717) is 29.4 Å². The van der Waals surface area contributed by atoms with Gasteiger partial charge in [-0.1, -0.05) is 29.8 Å². The SMILES string of the molecule is C=CCN1C(=O)NC(=O)C(=Cc2ccc(OCC(=O)Nc3ccc(C)cc3)c(OCC)c2)C1=O. The number of rotatable bonds is 9. The van der Waals surface area contributed by atoms with Gasteiger partial charge in [0, 0.05) is 12.2 Å². The molecule has 2 N–H and O–H groups in total. The van der Waals surface area contributed by atoms with Crippen molar-refractivity contribution in [1.82, 2.24) is 10.2 Å². The fourth-order valence-electron chi connectivity index (χ4n) is 3.13. The summed E-state index contributed by atoms with van der Waals surface area (Å²) in [6, 6.07) is 11.3. The molecule has 5 amide bonds. The van der Waals surface area contributed by atoms with Gasteiger partial charge in [-0.15, -0.1) is 6.58 Å². The maximum atomic E-state index is 12.6. The number of ether oxygens (including phenoxy) is 2. The normalized spacial score (nSPS) is 14.6. The number of benzene rings is 2. The van der Waals surface area contributed by atoms with Gasteiger partial charge in [-0.25, -0.2) is 4.79 Å². The van der Waals surface area contributed by atoms with Crippen molar-refractivity contribution in [3.63, 3.8) is 0 Å². The molecule has 9 heteroatoms. The number of carbonyl (C=O) groups is 4. The fraction of sp³-hybridized carbons (Fsp3) is 0.200. The first kappa shape index (κ1) is 24.2. The Kier molecular flexibility index (Phi) is 7.81. The summed E-state index contributed by atoms with van der Waals surface area (Å²) in [4.78, 5) is 49.8. The summed E-state index contributed by atoms with van der Waals surface area (Å²) in [5, 5.41) is 4.88.